The Morgan fingerprint density at radius 3 is 2.53 bits per heavy atom. The van der Waals surface area contributed by atoms with Gasteiger partial charge in [0.15, 0.2) is 5.69 Å². The average Bonchev–Trinajstić information content (AvgIpc) is 2.79. The number of carbonyl (C=O) groups is 1. The van der Waals surface area contributed by atoms with E-state index >= 15 is 0 Å². The van der Waals surface area contributed by atoms with E-state index in [9.17, 15) is 18.0 Å². The lowest BCUT2D eigenvalue weighted by Crippen LogP contribution is -2.32. The molecule has 1 N–H and O–H groups in total. The molecule has 0 aliphatic rings. The molecule has 1 aromatic rings. The van der Waals surface area contributed by atoms with E-state index in [1.165, 1.54) is 10.9 Å². The van der Waals surface area contributed by atoms with E-state index < -0.39 is 11.9 Å². The fourth-order valence-corrected chi connectivity index (χ4v) is 1.73. The molecule has 0 saturated heterocycles. The predicted molar refractivity (Wildman–Crippen MR) is 64.3 cm³/mol. The molecule has 0 spiro atoms. The van der Waals surface area contributed by atoms with Crippen molar-refractivity contribution < 1.29 is 18.0 Å². The lowest BCUT2D eigenvalue weighted by Gasteiger charge is -2.12. The molecule has 0 saturated carbocycles. The summed E-state index contributed by atoms with van der Waals surface area (Å²) in [6, 6.07) is 0.919. The van der Waals surface area contributed by atoms with Gasteiger partial charge in [-0.25, -0.2) is 0 Å². The van der Waals surface area contributed by atoms with E-state index in [1.807, 2.05) is 13.8 Å². The van der Waals surface area contributed by atoms with Crippen molar-refractivity contribution in [1.29, 1.82) is 0 Å². The Hall–Kier alpha value is -1.53. The van der Waals surface area contributed by atoms with Crippen LogP contribution in [0.2, 0.25) is 0 Å². The maximum absolute atomic E-state index is 12.3. The molecule has 1 rings (SSSR count). The normalized spacial score (nSPS) is 11.9. The first-order valence-electron chi connectivity index (χ1n) is 6.26. The molecule has 0 radical (unpaired) electrons. The molecule has 0 fully saturated rings. The van der Waals surface area contributed by atoms with Gasteiger partial charge in [0.25, 0.3) is 0 Å². The lowest BCUT2D eigenvalue weighted by molar-refractivity contribution is -0.141. The molecule has 1 heterocycles. The summed E-state index contributed by atoms with van der Waals surface area (Å²) in [5.41, 5.74) is -0.918. The van der Waals surface area contributed by atoms with Gasteiger partial charge in [-0.15, -0.1) is 0 Å². The van der Waals surface area contributed by atoms with Crippen LogP contribution in [0.1, 0.15) is 32.4 Å². The molecule has 4 nitrogen and oxygen atoms in total. The Labute approximate surface area is 110 Å². The molecular formula is C12H18F3N3O. The van der Waals surface area contributed by atoms with Crippen molar-refractivity contribution >= 4 is 5.91 Å². The Balaban J connectivity index is 2.41. The van der Waals surface area contributed by atoms with E-state index in [0.717, 1.165) is 18.9 Å². The smallest absolute Gasteiger partial charge is 0.354 e. The minimum atomic E-state index is -4.43. The monoisotopic (exact) mass is 277 g/mol. The maximum Gasteiger partial charge on any atom is 0.435 e. The molecule has 108 valence electrons. The van der Waals surface area contributed by atoms with Gasteiger partial charge in [0.2, 0.25) is 5.91 Å². The standard InChI is InChI=1S/C12H18F3N3O/c1-3-9(4-2)11(19)16-6-8-18-7-5-10(17-18)12(13,14)15/h5,7,9H,3-4,6,8H2,1-2H3,(H,16,19). The van der Waals surface area contributed by atoms with Crippen molar-refractivity contribution in [3.05, 3.63) is 18.0 Å². The third-order valence-electron chi connectivity index (χ3n) is 2.93. The summed E-state index contributed by atoms with van der Waals surface area (Å²) < 4.78 is 38.1. The first-order valence-corrected chi connectivity index (χ1v) is 6.26. The molecule has 1 amide bonds. The number of nitrogens with zero attached hydrogens (tertiary/aromatic N) is 2. The number of amides is 1. The quantitative estimate of drug-likeness (QED) is 0.868. The molecule has 0 aliphatic heterocycles. The summed E-state index contributed by atoms with van der Waals surface area (Å²) in [5.74, 6) is -0.100. The van der Waals surface area contributed by atoms with Crippen molar-refractivity contribution in [2.24, 2.45) is 5.92 Å². The number of hydrogen-bond donors (Lipinski definition) is 1. The third kappa shape index (κ3) is 4.57. The van der Waals surface area contributed by atoms with Gasteiger partial charge in [-0.3, -0.25) is 9.48 Å². The van der Waals surface area contributed by atoms with E-state index in [-0.39, 0.29) is 24.9 Å². The van der Waals surface area contributed by atoms with Gasteiger partial charge >= 0.3 is 6.18 Å². The second-order valence-electron chi connectivity index (χ2n) is 4.27. The summed E-state index contributed by atoms with van der Waals surface area (Å²) in [7, 11) is 0. The first-order chi connectivity index (χ1) is 8.88. The van der Waals surface area contributed by atoms with Crippen molar-refractivity contribution in [3.8, 4) is 0 Å². The topological polar surface area (TPSA) is 46.9 Å². The molecule has 0 bridgehead atoms. The second kappa shape index (κ2) is 6.58. The van der Waals surface area contributed by atoms with Gasteiger partial charge in [0.1, 0.15) is 0 Å². The number of nitrogens with one attached hydrogen (secondary N) is 1. The van der Waals surface area contributed by atoms with Crippen LogP contribution in [0.25, 0.3) is 0 Å². The van der Waals surface area contributed by atoms with Gasteiger partial charge in [-0.2, -0.15) is 18.3 Å². The van der Waals surface area contributed by atoms with Crippen LogP contribution in [0.4, 0.5) is 13.2 Å². The SMILES string of the molecule is CCC(CC)C(=O)NCCn1ccc(C(F)(F)F)n1. The Kier molecular flexibility index (Phi) is 5.38. The van der Waals surface area contributed by atoms with E-state index in [2.05, 4.69) is 10.4 Å². The van der Waals surface area contributed by atoms with Gasteiger partial charge in [0, 0.05) is 18.7 Å². The minimum absolute atomic E-state index is 0.0386. The highest BCUT2D eigenvalue weighted by Gasteiger charge is 2.33. The van der Waals surface area contributed by atoms with Crippen molar-refractivity contribution in [1.82, 2.24) is 15.1 Å². The van der Waals surface area contributed by atoms with Crippen LogP contribution < -0.4 is 5.32 Å². The lowest BCUT2D eigenvalue weighted by atomic mass is 10.0. The molecule has 1 aromatic heterocycles. The van der Waals surface area contributed by atoms with E-state index in [4.69, 9.17) is 0 Å². The highest BCUT2D eigenvalue weighted by atomic mass is 19.4. The highest BCUT2D eigenvalue weighted by molar-refractivity contribution is 5.78. The summed E-state index contributed by atoms with van der Waals surface area (Å²) in [4.78, 5) is 11.6. The van der Waals surface area contributed by atoms with Crippen LogP contribution in [0, 0.1) is 5.92 Å². The number of carbonyl (C=O) groups excluding carboxylic acids is 1. The van der Waals surface area contributed by atoms with Crippen molar-refractivity contribution in [2.75, 3.05) is 6.54 Å². The predicted octanol–water partition coefficient (Wildman–Crippen LogP) is 2.45. The Bertz CT molecular complexity index is 411. The van der Waals surface area contributed by atoms with Crippen LogP contribution >= 0.6 is 0 Å². The first kappa shape index (κ1) is 15.5. The average molecular weight is 277 g/mol. The molecule has 0 unspecified atom stereocenters. The molecular weight excluding hydrogens is 259 g/mol. The molecule has 19 heavy (non-hydrogen) atoms. The minimum Gasteiger partial charge on any atom is -0.354 e. The number of aromatic nitrogens is 2. The number of halogens is 3. The van der Waals surface area contributed by atoms with Gasteiger partial charge in [-0.05, 0) is 18.9 Å². The Morgan fingerprint density at radius 2 is 2.05 bits per heavy atom. The number of alkyl halides is 3. The van der Waals surface area contributed by atoms with Crippen LogP contribution in [0.15, 0.2) is 12.3 Å². The fraction of sp³-hybridized carbons (Fsp3) is 0.667. The number of rotatable bonds is 6. The van der Waals surface area contributed by atoms with Gasteiger partial charge in [-0.1, -0.05) is 13.8 Å². The maximum atomic E-state index is 12.3. The van der Waals surface area contributed by atoms with Crippen molar-refractivity contribution in [2.45, 2.75) is 39.4 Å². The summed E-state index contributed by atoms with van der Waals surface area (Å²) >= 11 is 0. The number of hydrogen-bond acceptors (Lipinski definition) is 2. The second-order valence-corrected chi connectivity index (χ2v) is 4.27. The van der Waals surface area contributed by atoms with E-state index in [1.54, 1.807) is 0 Å². The van der Waals surface area contributed by atoms with Gasteiger partial charge < -0.3 is 5.32 Å². The van der Waals surface area contributed by atoms with Crippen LogP contribution in [-0.4, -0.2) is 22.2 Å². The summed E-state index contributed by atoms with van der Waals surface area (Å²) in [6.07, 6.45) is -1.67. The summed E-state index contributed by atoms with van der Waals surface area (Å²) in [5, 5.41) is 6.10. The zero-order valence-corrected chi connectivity index (χ0v) is 11.0. The highest BCUT2D eigenvalue weighted by Crippen LogP contribution is 2.27. The fourth-order valence-electron chi connectivity index (χ4n) is 1.73. The molecule has 0 aliphatic carbocycles. The molecule has 0 atom stereocenters. The van der Waals surface area contributed by atoms with Crippen LogP contribution in [0.3, 0.4) is 0 Å². The zero-order chi connectivity index (χ0) is 14.5. The van der Waals surface area contributed by atoms with Crippen LogP contribution in [-0.2, 0) is 17.5 Å². The molecule has 0 aromatic carbocycles. The zero-order valence-electron chi connectivity index (χ0n) is 11.0. The van der Waals surface area contributed by atoms with Crippen molar-refractivity contribution in [3.63, 3.8) is 0 Å². The Morgan fingerprint density at radius 1 is 1.42 bits per heavy atom. The van der Waals surface area contributed by atoms with Gasteiger partial charge in [0.05, 0.1) is 6.54 Å². The summed E-state index contributed by atoms with van der Waals surface area (Å²) in [6.45, 7) is 4.35. The largest absolute Gasteiger partial charge is 0.435 e. The van der Waals surface area contributed by atoms with E-state index in [0.29, 0.717) is 0 Å². The third-order valence-corrected chi connectivity index (χ3v) is 2.93. The van der Waals surface area contributed by atoms with Crippen LogP contribution in [0.5, 0.6) is 0 Å². The molecule has 7 heteroatoms.